The van der Waals surface area contributed by atoms with E-state index >= 15 is 0 Å². The molecule has 0 aliphatic carbocycles. The molecule has 0 radical (unpaired) electrons. The van der Waals surface area contributed by atoms with Crippen LogP contribution < -0.4 is 9.47 Å². The van der Waals surface area contributed by atoms with Gasteiger partial charge in [-0.1, -0.05) is 59.2 Å². The number of rotatable bonds is 4. The molecular formula is C24H20O2S8. The van der Waals surface area contributed by atoms with E-state index in [2.05, 4.69) is 36.4 Å². The highest BCUT2D eigenvalue weighted by Crippen LogP contribution is 2.61. The minimum atomic E-state index is 0.882. The normalized spacial score (nSPS) is 20.1. The van der Waals surface area contributed by atoms with Crippen molar-refractivity contribution in [2.24, 2.45) is 0 Å². The third-order valence-electron chi connectivity index (χ3n) is 5.34. The smallest absolute Gasteiger partial charge is 0.127 e. The average molecular weight is 597 g/mol. The molecule has 0 N–H and O–H groups in total. The van der Waals surface area contributed by atoms with E-state index in [1.165, 1.54) is 59.6 Å². The van der Waals surface area contributed by atoms with Crippen LogP contribution in [0.25, 0.3) is 22.9 Å². The van der Waals surface area contributed by atoms with Gasteiger partial charge in [-0.2, -0.15) is 0 Å². The summed E-state index contributed by atoms with van der Waals surface area (Å²) in [6, 6.07) is 8.53. The van der Waals surface area contributed by atoms with Gasteiger partial charge in [-0.25, -0.2) is 0 Å². The van der Waals surface area contributed by atoms with E-state index in [1.54, 1.807) is 14.2 Å². The molecule has 6 rings (SSSR count). The molecule has 0 bridgehead atoms. The number of ether oxygens (including phenoxy) is 2. The molecule has 2 aromatic rings. The van der Waals surface area contributed by atoms with Gasteiger partial charge in [0.15, 0.2) is 0 Å². The standard InChI is InChI=1S/C24H20O2S8/c1-25-15-5-3-14(12-18-33-23-24(34-18)30-10-9-29-23)20-16(26-2)6-4-13(19(15)20)11-17-31-21-22(32-17)28-8-7-27-21/h3-6,11-12H,7-10H2,1-2H3. The summed E-state index contributed by atoms with van der Waals surface area (Å²) < 4.78 is 20.2. The fraction of sp³-hybridized carbons (Fsp3) is 0.250. The van der Waals surface area contributed by atoms with Crippen LogP contribution in [-0.2, 0) is 0 Å². The summed E-state index contributed by atoms with van der Waals surface area (Å²) in [5, 5.41) is 2.23. The predicted octanol–water partition coefficient (Wildman–Crippen LogP) is 9.63. The molecule has 0 fully saturated rings. The Morgan fingerprint density at radius 2 is 0.912 bits per heavy atom. The Balaban J connectivity index is 1.43. The molecule has 176 valence electrons. The number of benzene rings is 2. The van der Waals surface area contributed by atoms with E-state index in [4.69, 9.17) is 9.47 Å². The Bertz CT molecular complexity index is 1150. The Kier molecular flexibility index (Phi) is 7.76. The highest BCUT2D eigenvalue weighted by Gasteiger charge is 2.27. The zero-order chi connectivity index (χ0) is 23.1. The lowest BCUT2D eigenvalue weighted by Gasteiger charge is -2.15. The Morgan fingerprint density at radius 3 is 1.24 bits per heavy atom. The van der Waals surface area contributed by atoms with Crippen LogP contribution in [0.4, 0.5) is 0 Å². The third kappa shape index (κ3) is 4.83. The second-order valence-electron chi connectivity index (χ2n) is 7.34. The van der Waals surface area contributed by atoms with E-state index in [9.17, 15) is 0 Å². The van der Waals surface area contributed by atoms with Gasteiger partial charge in [0.25, 0.3) is 0 Å². The van der Waals surface area contributed by atoms with Gasteiger partial charge in [-0.3, -0.25) is 0 Å². The molecule has 0 unspecified atom stereocenters. The molecule has 0 saturated heterocycles. The van der Waals surface area contributed by atoms with Crippen molar-refractivity contribution in [3.63, 3.8) is 0 Å². The summed E-state index contributed by atoms with van der Waals surface area (Å²) >= 11 is 15.6. The minimum Gasteiger partial charge on any atom is -0.496 e. The first-order valence-corrected chi connectivity index (χ1v) is 17.8. The molecule has 2 nitrogen and oxygen atoms in total. The van der Waals surface area contributed by atoms with Crippen LogP contribution in [0.2, 0.25) is 0 Å². The maximum Gasteiger partial charge on any atom is 0.127 e. The molecule has 2 aromatic carbocycles. The zero-order valence-corrected chi connectivity index (χ0v) is 24.9. The topological polar surface area (TPSA) is 18.5 Å². The lowest BCUT2D eigenvalue weighted by molar-refractivity contribution is 0.415. The second-order valence-corrected chi connectivity index (χ2v) is 17.5. The van der Waals surface area contributed by atoms with Gasteiger partial charge < -0.3 is 9.47 Å². The molecule has 0 atom stereocenters. The lowest BCUT2D eigenvalue weighted by atomic mass is 9.98. The average Bonchev–Trinajstić information content (AvgIpc) is 3.47. The summed E-state index contributed by atoms with van der Waals surface area (Å²) in [5.74, 6) is 6.57. The zero-order valence-electron chi connectivity index (χ0n) is 18.4. The fourth-order valence-electron chi connectivity index (χ4n) is 3.90. The monoisotopic (exact) mass is 596 g/mol. The van der Waals surface area contributed by atoms with Gasteiger partial charge in [0.2, 0.25) is 0 Å². The predicted molar refractivity (Wildman–Crippen MR) is 167 cm³/mol. The molecule has 0 saturated carbocycles. The highest BCUT2D eigenvalue weighted by molar-refractivity contribution is 8.42. The number of fused-ring (bicyclic) bond motifs is 1. The van der Waals surface area contributed by atoms with Crippen molar-refractivity contribution in [2.45, 2.75) is 0 Å². The van der Waals surface area contributed by atoms with Crippen LogP contribution in [0, 0.1) is 0 Å². The van der Waals surface area contributed by atoms with Gasteiger partial charge in [0.05, 0.1) is 39.6 Å². The van der Waals surface area contributed by atoms with E-state index in [1.807, 2.05) is 94.1 Å². The molecule has 10 heteroatoms. The van der Waals surface area contributed by atoms with E-state index in [0.717, 1.165) is 22.3 Å². The van der Waals surface area contributed by atoms with Crippen molar-refractivity contribution < 1.29 is 9.47 Å². The Morgan fingerprint density at radius 1 is 0.559 bits per heavy atom. The fourth-order valence-corrected chi connectivity index (χ4v) is 15.7. The summed E-state index contributed by atoms with van der Waals surface area (Å²) in [6.45, 7) is 0. The number of hydrogen-bond acceptors (Lipinski definition) is 10. The molecular weight excluding hydrogens is 577 g/mol. The van der Waals surface area contributed by atoms with Crippen molar-refractivity contribution in [2.75, 3.05) is 37.2 Å². The highest BCUT2D eigenvalue weighted by atomic mass is 32.3. The third-order valence-corrected chi connectivity index (χ3v) is 16.6. The molecule has 4 heterocycles. The van der Waals surface area contributed by atoms with Crippen LogP contribution >= 0.6 is 94.1 Å². The summed E-state index contributed by atoms with van der Waals surface area (Å²) in [4.78, 5) is 0. The molecule has 34 heavy (non-hydrogen) atoms. The van der Waals surface area contributed by atoms with Crippen LogP contribution in [0.15, 0.2) is 49.7 Å². The molecule has 4 aliphatic rings. The van der Waals surface area contributed by atoms with E-state index in [-0.39, 0.29) is 0 Å². The van der Waals surface area contributed by atoms with Crippen LogP contribution in [0.5, 0.6) is 11.5 Å². The van der Waals surface area contributed by atoms with Crippen molar-refractivity contribution in [3.8, 4) is 11.5 Å². The van der Waals surface area contributed by atoms with Crippen LogP contribution in [0.1, 0.15) is 11.1 Å². The molecule has 4 aliphatic heterocycles. The first-order chi connectivity index (χ1) is 16.7. The van der Waals surface area contributed by atoms with Gasteiger partial charge in [0, 0.05) is 33.8 Å². The van der Waals surface area contributed by atoms with Gasteiger partial charge in [0.1, 0.15) is 11.5 Å². The second kappa shape index (κ2) is 10.8. The summed E-state index contributed by atoms with van der Waals surface area (Å²) in [6.07, 6.45) is 4.64. The van der Waals surface area contributed by atoms with Gasteiger partial charge >= 0.3 is 0 Å². The van der Waals surface area contributed by atoms with E-state index in [0.29, 0.717) is 0 Å². The molecule has 0 aromatic heterocycles. The van der Waals surface area contributed by atoms with Gasteiger partial charge in [-0.05, 0) is 35.4 Å². The van der Waals surface area contributed by atoms with Crippen molar-refractivity contribution in [1.29, 1.82) is 0 Å². The van der Waals surface area contributed by atoms with Crippen LogP contribution in [-0.4, -0.2) is 37.2 Å². The molecule has 0 spiro atoms. The summed E-state index contributed by atoms with van der Waals surface area (Å²) in [7, 11) is 3.51. The SMILES string of the molecule is COc1ccc(C=C2SC3=C(SCCS3)S2)c2c(OC)ccc(C=C3SC4=C(SCCS4)S3)c12. The Hall–Kier alpha value is 0.0600. The van der Waals surface area contributed by atoms with Crippen LogP contribution in [0.3, 0.4) is 0 Å². The quantitative estimate of drug-likeness (QED) is 0.338. The summed E-state index contributed by atoms with van der Waals surface area (Å²) in [5.41, 5.74) is 2.35. The molecule has 0 amide bonds. The first-order valence-electron chi connectivity index (χ1n) is 10.6. The van der Waals surface area contributed by atoms with Crippen molar-refractivity contribution >= 4 is 117 Å². The number of hydrogen-bond donors (Lipinski definition) is 0. The maximum absolute atomic E-state index is 5.87. The number of thioether (sulfide) groups is 8. The van der Waals surface area contributed by atoms with E-state index < -0.39 is 0 Å². The minimum absolute atomic E-state index is 0.882. The first kappa shape index (κ1) is 24.4. The Labute approximate surface area is 234 Å². The van der Waals surface area contributed by atoms with Gasteiger partial charge in [-0.15, -0.1) is 47.0 Å². The lowest BCUT2D eigenvalue weighted by Crippen LogP contribution is -1.94. The number of methoxy groups -OCH3 is 2. The van der Waals surface area contributed by atoms with Crippen molar-refractivity contribution in [3.05, 3.63) is 60.8 Å². The van der Waals surface area contributed by atoms with Crippen molar-refractivity contribution in [1.82, 2.24) is 0 Å². The largest absolute Gasteiger partial charge is 0.496 e. The maximum atomic E-state index is 5.87.